The number of amides is 2. The molecule has 0 aromatic carbocycles. The number of aliphatic hydroxyl groups excluding tert-OH is 11. The molecule has 0 aromatic heterocycles. The lowest BCUT2D eigenvalue weighted by Crippen LogP contribution is -2.70. The highest BCUT2D eigenvalue weighted by Gasteiger charge is 2.60. The second kappa shape index (κ2) is 48.0. The second-order valence-electron chi connectivity index (χ2n) is 25.4. The van der Waals surface area contributed by atoms with Gasteiger partial charge in [-0.25, -0.2) is 4.79 Å². The summed E-state index contributed by atoms with van der Waals surface area (Å²) in [4.78, 5) is 38.4. The fraction of sp³-hybridized carbons (Fsp3) is 0.896. The molecule has 23 heteroatoms. The van der Waals surface area contributed by atoms with Gasteiger partial charge in [-0.2, -0.15) is 0 Å². The summed E-state index contributed by atoms with van der Waals surface area (Å²) in [5.41, 5.74) is 0. The molecule has 0 saturated carbocycles. The molecule has 18 atom stereocenters. The lowest BCUT2D eigenvalue weighted by atomic mass is 9.88. The first-order valence-electron chi connectivity index (χ1n) is 34.7. The van der Waals surface area contributed by atoms with Gasteiger partial charge in [0.2, 0.25) is 11.8 Å². The number of nitrogens with one attached hydrogen (secondary N) is 2. The number of unbranched alkanes of at least 4 members (excludes halogenated alkanes) is 30. The first-order valence-corrected chi connectivity index (χ1v) is 34.7. The maximum Gasteiger partial charge on any atom is 0.364 e. The number of hydrogen-bond acceptors (Lipinski definition) is 20. The first kappa shape index (κ1) is 81.4. The molecule has 0 aliphatic carbocycles. The summed E-state index contributed by atoms with van der Waals surface area (Å²) in [5.74, 6) is -6.15. The van der Waals surface area contributed by atoms with Crippen LogP contribution in [0.15, 0.2) is 24.3 Å². The van der Waals surface area contributed by atoms with Gasteiger partial charge < -0.3 is 100 Å². The fourth-order valence-corrected chi connectivity index (χ4v) is 12.0. The average Bonchev–Trinajstić information content (AvgIpc) is 0.898. The summed E-state index contributed by atoms with van der Waals surface area (Å²) < 4.78 is 34.7. The van der Waals surface area contributed by atoms with Crippen molar-refractivity contribution in [1.82, 2.24) is 10.6 Å². The van der Waals surface area contributed by atoms with Gasteiger partial charge in [-0.3, -0.25) is 9.59 Å². The van der Waals surface area contributed by atoms with E-state index >= 15 is 0 Å². The van der Waals surface area contributed by atoms with E-state index in [0.717, 1.165) is 71.1 Å². The van der Waals surface area contributed by atoms with Crippen LogP contribution in [-0.2, 0) is 42.8 Å². The van der Waals surface area contributed by atoms with E-state index in [-0.39, 0.29) is 12.3 Å². The Morgan fingerprint density at radius 1 is 0.578 bits per heavy atom. The van der Waals surface area contributed by atoms with Gasteiger partial charge in [-0.1, -0.05) is 212 Å². The second-order valence-corrected chi connectivity index (χ2v) is 25.4. The first-order chi connectivity index (χ1) is 43.4. The maximum absolute atomic E-state index is 13.4. The van der Waals surface area contributed by atoms with Crippen molar-refractivity contribution in [2.45, 2.75) is 355 Å². The van der Waals surface area contributed by atoms with Gasteiger partial charge in [0, 0.05) is 19.8 Å². The van der Waals surface area contributed by atoms with E-state index < -0.39 is 155 Å². The zero-order valence-electron chi connectivity index (χ0n) is 54.7. The average molecular weight is 1290 g/mol. The molecule has 3 rings (SSSR count). The Kier molecular flexibility index (Phi) is 43.4. The molecule has 3 saturated heterocycles. The third-order valence-electron chi connectivity index (χ3n) is 17.6. The smallest absolute Gasteiger partial charge is 0.364 e. The monoisotopic (exact) mass is 1290 g/mol. The van der Waals surface area contributed by atoms with Gasteiger partial charge >= 0.3 is 5.97 Å². The Labute approximate surface area is 536 Å². The van der Waals surface area contributed by atoms with Crippen LogP contribution in [0.4, 0.5) is 0 Å². The largest absolute Gasteiger partial charge is 0.477 e. The van der Waals surface area contributed by atoms with Crippen molar-refractivity contribution in [1.29, 1.82) is 0 Å². The molecule has 3 aliphatic heterocycles. The van der Waals surface area contributed by atoms with Crippen LogP contribution in [0.5, 0.6) is 0 Å². The van der Waals surface area contributed by atoms with Crippen LogP contribution in [0.25, 0.3) is 0 Å². The molecule has 18 unspecified atom stereocenters. The van der Waals surface area contributed by atoms with Crippen LogP contribution in [0.2, 0.25) is 0 Å². The number of carboxylic acids is 1. The molecule has 2 amide bonds. The number of rotatable bonds is 52. The third-order valence-corrected chi connectivity index (χ3v) is 17.6. The molecule has 14 N–H and O–H groups in total. The lowest BCUT2D eigenvalue weighted by Gasteiger charge is -2.50. The molecule has 3 aliphatic rings. The minimum atomic E-state index is -3.08. The van der Waals surface area contributed by atoms with Crippen molar-refractivity contribution in [2.24, 2.45) is 0 Å². The van der Waals surface area contributed by atoms with Crippen molar-refractivity contribution in [3.8, 4) is 0 Å². The van der Waals surface area contributed by atoms with Crippen molar-refractivity contribution >= 4 is 17.8 Å². The van der Waals surface area contributed by atoms with Crippen molar-refractivity contribution in [3.63, 3.8) is 0 Å². The molecular weight excluding hydrogens is 1170 g/mol. The molecular formula is C67H122N2O21. The SMILES string of the molecule is CCCC/C=C\CCCCCCCC(=O)NC(COC1OC(CO)C(OC2OC(CO)C(O)C(OC3(C(=O)O)CC(O)C(NC(C)=O)C(C(O)C(O)CO)O3)C2O)C(O)C1O)C(O)/C=C/CCCCCCCCCCCCCCCCCCCCCCCCC. The zero-order valence-corrected chi connectivity index (χ0v) is 54.7. The van der Waals surface area contributed by atoms with Crippen LogP contribution >= 0.6 is 0 Å². The van der Waals surface area contributed by atoms with Gasteiger partial charge in [-0.05, 0) is 38.5 Å². The number of aliphatic hydroxyl groups is 11. The lowest BCUT2D eigenvalue weighted by molar-refractivity contribution is -0.386. The molecule has 0 radical (unpaired) electrons. The Morgan fingerprint density at radius 2 is 1.06 bits per heavy atom. The minimum Gasteiger partial charge on any atom is -0.477 e. The molecule has 90 heavy (non-hydrogen) atoms. The Balaban J connectivity index is 1.57. The van der Waals surface area contributed by atoms with Gasteiger partial charge in [0.25, 0.3) is 5.79 Å². The molecule has 23 nitrogen and oxygen atoms in total. The molecule has 0 bridgehead atoms. The van der Waals surface area contributed by atoms with E-state index in [1.807, 2.05) is 6.08 Å². The molecule has 0 spiro atoms. The quantitative estimate of drug-likeness (QED) is 0.0243. The van der Waals surface area contributed by atoms with Gasteiger partial charge in [0.15, 0.2) is 12.6 Å². The molecule has 3 heterocycles. The maximum atomic E-state index is 13.4. The summed E-state index contributed by atoms with van der Waals surface area (Å²) in [7, 11) is 0. The van der Waals surface area contributed by atoms with E-state index in [0.29, 0.717) is 12.8 Å². The van der Waals surface area contributed by atoms with Gasteiger partial charge in [-0.15, -0.1) is 0 Å². The Morgan fingerprint density at radius 3 is 1.54 bits per heavy atom. The van der Waals surface area contributed by atoms with Crippen LogP contribution in [0.1, 0.15) is 245 Å². The van der Waals surface area contributed by atoms with Crippen LogP contribution < -0.4 is 10.6 Å². The van der Waals surface area contributed by atoms with E-state index in [9.17, 15) is 75.7 Å². The number of aliphatic carboxylic acids is 1. The summed E-state index contributed by atoms with van der Waals surface area (Å²) in [6.07, 6.45) is 18.2. The number of ether oxygens (including phenoxy) is 6. The zero-order chi connectivity index (χ0) is 66.1. The third kappa shape index (κ3) is 30.3. The highest BCUT2D eigenvalue weighted by molar-refractivity contribution is 5.77. The number of carbonyl (C=O) groups excluding carboxylic acids is 2. The van der Waals surface area contributed by atoms with E-state index in [2.05, 4.69) is 36.6 Å². The standard InChI is InChI=1S/C67H122N2O21/c1-4-6-8-10-12-14-16-17-18-19-20-21-22-23-24-25-26-27-28-29-31-32-34-36-38-40-49(74)48(69-54(77)41-39-37-35-33-30-15-13-11-9-7-5-2)46-85-64-59(81)58(80)61(53(45-72)87-64)88-65-60(82)63(57(79)52(44-71)86-65)90-67(66(83)84)42-50(75)55(68-47(3)73)62(89-67)56(78)51(76)43-70/h11,13,38,40,48-53,55-65,70-72,74-76,78-82H,4-10,12,14-37,39,41-46H2,1-3H3,(H,68,73)(H,69,77)(H,83,84)/b13-11-,40-38+. The fourth-order valence-electron chi connectivity index (χ4n) is 12.0. The molecule has 526 valence electrons. The van der Waals surface area contributed by atoms with E-state index in [1.54, 1.807) is 6.08 Å². The van der Waals surface area contributed by atoms with Gasteiger partial charge in [0.1, 0.15) is 67.1 Å². The number of allylic oxidation sites excluding steroid dienone is 3. The van der Waals surface area contributed by atoms with Gasteiger partial charge in [0.05, 0.1) is 50.7 Å². The van der Waals surface area contributed by atoms with Crippen LogP contribution in [0.3, 0.4) is 0 Å². The van der Waals surface area contributed by atoms with E-state index in [4.69, 9.17) is 28.4 Å². The summed E-state index contributed by atoms with van der Waals surface area (Å²) in [6.45, 7) is 2.08. The predicted molar refractivity (Wildman–Crippen MR) is 338 cm³/mol. The number of carboxylic acid groups (broad SMARTS) is 1. The number of hydrogen-bond donors (Lipinski definition) is 14. The summed E-state index contributed by atoms with van der Waals surface area (Å²) >= 11 is 0. The number of carbonyl (C=O) groups is 3. The normalized spacial score (nSPS) is 28.7. The topological polar surface area (TPSA) is 373 Å². The van der Waals surface area contributed by atoms with Crippen molar-refractivity contribution in [3.05, 3.63) is 24.3 Å². The van der Waals surface area contributed by atoms with Crippen LogP contribution in [-0.4, -0.2) is 215 Å². The highest BCUT2D eigenvalue weighted by Crippen LogP contribution is 2.39. The van der Waals surface area contributed by atoms with Crippen molar-refractivity contribution in [2.75, 3.05) is 26.4 Å². The highest BCUT2D eigenvalue weighted by atomic mass is 16.8. The predicted octanol–water partition coefficient (Wildman–Crippen LogP) is 6.06. The Hall–Kier alpha value is -2.79. The summed E-state index contributed by atoms with van der Waals surface area (Å²) in [5, 5.41) is 136. The van der Waals surface area contributed by atoms with E-state index in [1.165, 1.54) is 135 Å². The minimum absolute atomic E-state index is 0.190. The van der Waals surface area contributed by atoms with Crippen molar-refractivity contribution < 1.29 is 104 Å². The summed E-state index contributed by atoms with van der Waals surface area (Å²) in [6, 6.07) is -2.62. The Bertz CT molecular complexity index is 1920. The molecule has 3 fully saturated rings. The van der Waals surface area contributed by atoms with Crippen LogP contribution in [0, 0.1) is 0 Å². The molecule has 0 aromatic rings.